The van der Waals surface area contributed by atoms with Crippen molar-refractivity contribution in [3.63, 3.8) is 0 Å². The van der Waals surface area contributed by atoms with Gasteiger partial charge in [-0.2, -0.15) is 0 Å². The van der Waals surface area contributed by atoms with Crippen molar-refractivity contribution in [1.82, 2.24) is 9.55 Å². The van der Waals surface area contributed by atoms with Crippen LogP contribution in [0.2, 0.25) is 5.02 Å². The molecule has 5 heteroatoms. The van der Waals surface area contributed by atoms with Crippen LogP contribution in [0.4, 0.5) is 4.39 Å². The van der Waals surface area contributed by atoms with Gasteiger partial charge in [-0.05, 0) is 12.1 Å². The van der Waals surface area contributed by atoms with Gasteiger partial charge in [-0.3, -0.25) is 0 Å². The van der Waals surface area contributed by atoms with E-state index in [4.69, 9.17) is 17.3 Å². The molecule has 0 radical (unpaired) electrons. The number of nitrogens with zero attached hydrogens (tertiary/aromatic N) is 2. The van der Waals surface area contributed by atoms with E-state index in [0.29, 0.717) is 23.6 Å². The third-order valence-corrected chi connectivity index (χ3v) is 2.98. The summed E-state index contributed by atoms with van der Waals surface area (Å²) in [5, 5.41) is 0.419. The van der Waals surface area contributed by atoms with E-state index in [0.717, 1.165) is 11.5 Å². The zero-order chi connectivity index (χ0) is 12.4. The molecule has 0 unspecified atom stereocenters. The van der Waals surface area contributed by atoms with Crippen molar-refractivity contribution in [3.05, 3.63) is 52.3 Å². The molecule has 0 aliphatic heterocycles. The van der Waals surface area contributed by atoms with Gasteiger partial charge in [0.1, 0.15) is 11.6 Å². The molecule has 3 nitrogen and oxygen atoms in total. The van der Waals surface area contributed by atoms with Crippen LogP contribution >= 0.6 is 11.6 Å². The van der Waals surface area contributed by atoms with Gasteiger partial charge in [0, 0.05) is 36.8 Å². The Hall–Kier alpha value is -1.39. The van der Waals surface area contributed by atoms with Crippen LogP contribution in [0.15, 0.2) is 24.4 Å². The van der Waals surface area contributed by atoms with Crippen LogP contribution in [0.5, 0.6) is 0 Å². The summed E-state index contributed by atoms with van der Waals surface area (Å²) < 4.78 is 15.4. The zero-order valence-electron chi connectivity index (χ0n) is 9.45. The van der Waals surface area contributed by atoms with Crippen molar-refractivity contribution in [2.24, 2.45) is 12.8 Å². The van der Waals surface area contributed by atoms with Crippen molar-refractivity contribution in [1.29, 1.82) is 0 Å². The molecule has 0 fully saturated rings. The summed E-state index contributed by atoms with van der Waals surface area (Å²) in [6, 6.07) is 4.66. The minimum atomic E-state index is -0.310. The second-order valence-corrected chi connectivity index (χ2v) is 4.25. The van der Waals surface area contributed by atoms with E-state index in [-0.39, 0.29) is 5.82 Å². The first-order chi connectivity index (χ1) is 8.11. The van der Waals surface area contributed by atoms with Crippen molar-refractivity contribution in [2.75, 3.05) is 0 Å². The summed E-state index contributed by atoms with van der Waals surface area (Å²) in [6.45, 7) is 0.374. The molecule has 1 heterocycles. The molecule has 2 aromatic rings. The van der Waals surface area contributed by atoms with Crippen LogP contribution in [-0.4, -0.2) is 9.55 Å². The molecule has 0 spiro atoms. The highest BCUT2D eigenvalue weighted by molar-refractivity contribution is 6.31. The molecule has 0 bridgehead atoms. The Balaban J connectivity index is 2.34. The van der Waals surface area contributed by atoms with E-state index in [2.05, 4.69) is 4.98 Å². The molecule has 0 aliphatic rings. The summed E-state index contributed by atoms with van der Waals surface area (Å²) in [5.74, 6) is 0.437. The van der Waals surface area contributed by atoms with Gasteiger partial charge in [-0.25, -0.2) is 9.37 Å². The van der Waals surface area contributed by atoms with Crippen LogP contribution in [0, 0.1) is 5.82 Å². The Bertz CT molecular complexity index is 516. The predicted molar refractivity (Wildman–Crippen MR) is 65.3 cm³/mol. The second kappa shape index (κ2) is 4.85. The molecule has 0 atom stereocenters. The summed E-state index contributed by atoms with van der Waals surface area (Å²) in [7, 11) is 1.86. The van der Waals surface area contributed by atoms with Gasteiger partial charge >= 0.3 is 0 Å². The number of halogens is 2. The average Bonchev–Trinajstić information content (AvgIpc) is 2.65. The zero-order valence-corrected chi connectivity index (χ0v) is 10.2. The highest BCUT2D eigenvalue weighted by Gasteiger charge is 2.11. The number of hydrogen-bond acceptors (Lipinski definition) is 2. The summed E-state index contributed by atoms with van der Waals surface area (Å²) in [6.07, 6.45) is 2.20. The number of nitrogens with two attached hydrogens (primary N) is 1. The van der Waals surface area contributed by atoms with Crippen LogP contribution < -0.4 is 5.73 Å². The smallest absolute Gasteiger partial charge is 0.128 e. The fraction of sp³-hybridized carbons (Fsp3) is 0.250. The van der Waals surface area contributed by atoms with Gasteiger partial charge in [0.05, 0.1) is 5.69 Å². The molecule has 2 N–H and O–H groups in total. The molecule has 17 heavy (non-hydrogen) atoms. The number of aromatic nitrogens is 2. The van der Waals surface area contributed by atoms with Gasteiger partial charge in [0.15, 0.2) is 0 Å². The Morgan fingerprint density at radius 1 is 1.47 bits per heavy atom. The largest absolute Gasteiger partial charge is 0.337 e. The molecule has 2 rings (SSSR count). The maximum atomic E-state index is 13.6. The minimum absolute atomic E-state index is 0.310. The van der Waals surface area contributed by atoms with Crippen LogP contribution in [0.1, 0.15) is 17.1 Å². The van der Waals surface area contributed by atoms with E-state index in [1.165, 1.54) is 6.07 Å². The van der Waals surface area contributed by atoms with E-state index in [1.54, 1.807) is 12.1 Å². The number of imidazole rings is 1. The van der Waals surface area contributed by atoms with E-state index in [1.807, 2.05) is 17.8 Å². The monoisotopic (exact) mass is 253 g/mol. The highest BCUT2D eigenvalue weighted by atomic mass is 35.5. The Morgan fingerprint density at radius 3 is 2.82 bits per heavy atom. The fourth-order valence-electron chi connectivity index (χ4n) is 1.69. The first kappa shape index (κ1) is 12.1. The van der Waals surface area contributed by atoms with Crippen molar-refractivity contribution in [3.8, 4) is 0 Å². The summed E-state index contributed by atoms with van der Waals surface area (Å²) >= 11 is 5.97. The normalized spacial score (nSPS) is 10.8. The quantitative estimate of drug-likeness (QED) is 0.912. The van der Waals surface area contributed by atoms with Crippen LogP contribution in [0.25, 0.3) is 0 Å². The highest BCUT2D eigenvalue weighted by Crippen LogP contribution is 2.21. The van der Waals surface area contributed by atoms with Gasteiger partial charge in [0.25, 0.3) is 0 Å². The number of benzene rings is 1. The Morgan fingerprint density at radius 2 is 2.24 bits per heavy atom. The molecular weight excluding hydrogens is 241 g/mol. The lowest BCUT2D eigenvalue weighted by molar-refractivity contribution is 0.610. The Labute approximate surface area is 104 Å². The molecule has 0 saturated carbocycles. The molecule has 0 amide bonds. The summed E-state index contributed by atoms with van der Waals surface area (Å²) in [5.41, 5.74) is 6.76. The molecule has 0 saturated heterocycles. The van der Waals surface area contributed by atoms with Crippen molar-refractivity contribution in [2.45, 2.75) is 13.0 Å². The lowest BCUT2D eigenvalue weighted by Crippen LogP contribution is -2.01. The number of aryl methyl sites for hydroxylation is 1. The third kappa shape index (κ3) is 2.48. The van der Waals surface area contributed by atoms with Crippen molar-refractivity contribution < 1.29 is 4.39 Å². The maximum Gasteiger partial charge on any atom is 0.128 e. The van der Waals surface area contributed by atoms with E-state index in [9.17, 15) is 4.39 Å². The molecular formula is C12H13ClFN3. The SMILES string of the molecule is Cn1cc(CN)nc1Cc1c(F)cccc1Cl. The van der Waals surface area contributed by atoms with Gasteiger partial charge in [-0.1, -0.05) is 17.7 Å². The summed E-state index contributed by atoms with van der Waals surface area (Å²) in [4.78, 5) is 4.32. The van der Waals surface area contributed by atoms with Gasteiger partial charge < -0.3 is 10.3 Å². The van der Waals surface area contributed by atoms with E-state index >= 15 is 0 Å². The molecule has 0 aliphatic carbocycles. The van der Waals surface area contributed by atoms with Crippen LogP contribution in [-0.2, 0) is 20.0 Å². The first-order valence-corrected chi connectivity index (χ1v) is 5.63. The second-order valence-electron chi connectivity index (χ2n) is 3.84. The van der Waals surface area contributed by atoms with E-state index < -0.39 is 0 Å². The average molecular weight is 254 g/mol. The Kier molecular flexibility index (Phi) is 3.45. The molecule has 1 aromatic heterocycles. The lowest BCUT2D eigenvalue weighted by atomic mass is 10.1. The van der Waals surface area contributed by atoms with Gasteiger partial charge in [0.2, 0.25) is 0 Å². The van der Waals surface area contributed by atoms with Crippen LogP contribution in [0.3, 0.4) is 0 Å². The third-order valence-electron chi connectivity index (χ3n) is 2.63. The fourth-order valence-corrected chi connectivity index (χ4v) is 1.92. The first-order valence-electron chi connectivity index (χ1n) is 5.26. The maximum absolute atomic E-state index is 13.6. The minimum Gasteiger partial charge on any atom is -0.337 e. The number of hydrogen-bond donors (Lipinski definition) is 1. The predicted octanol–water partition coefficient (Wildman–Crippen LogP) is 2.26. The number of rotatable bonds is 3. The molecule has 90 valence electrons. The lowest BCUT2D eigenvalue weighted by Gasteiger charge is -2.05. The van der Waals surface area contributed by atoms with Crippen molar-refractivity contribution >= 4 is 11.6 Å². The standard InChI is InChI=1S/C12H13ClFN3/c1-17-7-8(6-15)16-12(17)5-9-10(13)3-2-4-11(9)14/h2-4,7H,5-6,15H2,1H3. The van der Waals surface area contributed by atoms with Gasteiger partial charge in [-0.15, -0.1) is 0 Å². The topological polar surface area (TPSA) is 43.8 Å². The molecule has 1 aromatic carbocycles.